The lowest BCUT2D eigenvalue weighted by molar-refractivity contribution is 0.0725. The van der Waals surface area contributed by atoms with Crippen molar-refractivity contribution in [1.82, 2.24) is 14.7 Å². The Balaban J connectivity index is 1.71. The van der Waals surface area contributed by atoms with E-state index >= 15 is 0 Å². The molecule has 2 heterocycles. The molecule has 0 spiro atoms. The van der Waals surface area contributed by atoms with E-state index in [9.17, 15) is 14.4 Å². The number of nitrogens with zero attached hydrogens (tertiary/aromatic N) is 3. The van der Waals surface area contributed by atoms with Crippen LogP contribution in [0.25, 0.3) is 10.8 Å². The Morgan fingerprint density at radius 2 is 1.73 bits per heavy atom. The summed E-state index contributed by atoms with van der Waals surface area (Å²) < 4.78 is 1.13. The lowest BCUT2D eigenvalue weighted by atomic mass is 10.1. The van der Waals surface area contributed by atoms with Gasteiger partial charge >= 0.3 is 0 Å². The van der Waals surface area contributed by atoms with Crippen LogP contribution in [0.2, 0.25) is 5.02 Å². The summed E-state index contributed by atoms with van der Waals surface area (Å²) in [6, 6.07) is 11.6. The largest absolute Gasteiger partial charge is 0.339 e. The second-order valence-electron chi connectivity index (χ2n) is 7.32. The number of nitrogens with one attached hydrogen (secondary N) is 1. The SMILES string of the molecule is Cn1nc(C(=O)Nc2cc(Cl)ccc2C(=O)N2CCCCC2)c2ccccc2c1=O. The van der Waals surface area contributed by atoms with Crippen molar-refractivity contribution in [3.63, 3.8) is 0 Å². The Bertz CT molecular complexity index is 1200. The van der Waals surface area contributed by atoms with Crippen LogP contribution in [0.15, 0.2) is 47.3 Å². The summed E-state index contributed by atoms with van der Waals surface area (Å²) in [6.07, 6.45) is 3.05. The minimum absolute atomic E-state index is 0.101. The first-order valence-electron chi connectivity index (χ1n) is 9.82. The van der Waals surface area contributed by atoms with E-state index in [0.717, 1.165) is 23.9 Å². The Labute approximate surface area is 178 Å². The number of carbonyl (C=O) groups excluding carboxylic acids is 2. The summed E-state index contributed by atoms with van der Waals surface area (Å²) in [4.78, 5) is 40.2. The molecule has 154 valence electrons. The van der Waals surface area contributed by atoms with E-state index in [0.29, 0.717) is 40.1 Å². The van der Waals surface area contributed by atoms with Crippen molar-refractivity contribution in [2.45, 2.75) is 19.3 Å². The van der Waals surface area contributed by atoms with Crippen molar-refractivity contribution in [3.8, 4) is 0 Å². The topological polar surface area (TPSA) is 84.3 Å². The molecule has 0 radical (unpaired) electrons. The number of aromatic nitrogens is 2. The predicted octanol–water partition coefficient (Wildman–Crippen LogP) is 3.47. The molecule has 0 unspecified atom stereocenters. The van der Waals surface area contributed by atoms with Crippen molar-refractivity contribution < 1.29 is 9.59 Å². The maximum atomic E-state index is 13.1. The molecular formula is C22H21ClN4O3. The Kier molecular flexibility index (Phi) is 5.55. The lowest BCUT2D eigenvalue weighted by Crippen LogP contribution is -2.36. The van der Waals surface area contributed by atoms with Gasteiger partial charge in [0, 0.05) is 30.5 Å². The van der Waals surface area contributed by atoms with Crippen LogP contribution in [0.1, 0.15) is 40.1 Å². The highest BCUT2D eigenvalue weighted by atomic mass is 35.5. The number of halogens is 1. The third kappa shape index (κ3) is 3.80. The van der Waals surface area contributed by atoms with Gasteiger partial charge in [-0.2, -0.15) is 5.10 Å². The van der Waals surface area contributed by atoms with Gasteiger partial charge in [-0.05, 0) is 43.5 Å². The number of benzene rings is 2. The van der Waals surface area contributed by atoms with Crippen molar-refractivity contribution in [2.75, 3.05) is 18.4 Å². The number of fused-ring (bicyclic) bond motifs is 1. The minimum Gasteiger partial charge on any atom is -0.339 e. The van der Waals surface area contributed by atoms with Gasteiger partial charge in [-0.3, -0.25) is 14.4 Å². The van der Waals surface area contributed by atoms with E-state index in [2.05, 4.69) is 10.4 Å². The maximum absolute atomic E-state index is 13.1. The third-order valence-electron chi connectivity index (χ3n) is 5.28. The summed E-state index contributed by atoms with van der Waals surface area (Å²) in [5, 5.41) is 8.17. The summed E-state index contributed by atoms with van der Waals surface area (Å²) >= 11 is 6.14. The van der Waals surface area contributed by atoms with Crippen molar-refractivity contribution >= 4 is 39.9 Å². The van der Waals surface area contributed by atoms with Crippen molar-refractivity contribution in [1.29, 1.82) is 0 Å². The average molecular weight is 425 g/mol. The van der Waals surface area contributed by atoms with Gasteiger partial charge in [0.1, 0.15) is 0 Å². The molecule has 0 bridgehead atoms. The second kappa shape index (κ2) is 8.28. The molecule has 0 aliphatic carbocycles. The van der Waals surface area contributed by atoms with Crippen LogP contribution in [-0.4, -0.2) is 39.6 Å². The zero-order valence-electron chi connectivity index (χ0n) is 16.5. The number of carbonyl (C=O) groups is 2. The van der Waals surface area contributed by atoms with Crippen LogP contribution in [0.4, 0.5) is 5.69 Å². The molecule has 2 aromatic carbocycles. The fourth-order valence-electron chi connectivity index (χ4n) is 3.72. The predicted molar refractivity (Wildman–Crippen MR) is 116 cm³/mol. The van der Waals surface area contributed by atoms with E-state index in [-0.39, 0.29) is 17.2 Å². The Morgan fingerprint density at radius 1 is 1.03 bits per heavy atom. The molecule has 0 atom stereocenters. The van der Waals surface area contributed by atoms with Gasteiger partial charge in [0.25, 0.3) is 17.4 Å². The summed E-state index contributed by atoms with van der Waals surface area (Å²) in [7, 11) is 1.50. The number of amides is 2. The zero-order chi connectivity index (χ0) is 21.3. The lowest BCUT2D eigenvalue weighted by Gasteiger charge is -2.27. The maximum Gasteiger partial charge on any atom is 0.276 e. The number of aryl methyl sites for hydroxylation is 1. The number of anilines is 1. The normalized spacial score (nSPS) is 14.0. The number of rotatable bonds is 3. The summed E-state index contributed by atoms with van der Waals surface area (Å²) in [5.74, 6) is -0.656. The minimum atomic E-state index is -0.517. The molecule has 1 aliphatic heterocycles. The highest BCUT2D eigenvalue weighted by Crippen LogP contribution is 2.25. The number of hydrogen-bond donors (Lipinski definition) is 1. The highest BCUT2D eigenvalue weighted by Gasteiger charge is 2.23. The van der Waals surface area contributed by atoms with Gasteiger partial charge in [-0.25, -0.2) is 4.68 Å². The molecule has 4 rings (SSSR count). The molecule has 1 aromatic heterocycles. The first-order chi connectivity index (χ1) is 14.5. The van der Waals surface area contributed by atoms with E-state index in [4.69, 9.17) is 11.6 Å². The molecule has 7 nitrogen and oxygen atoms in total. The number of piperidine rings is 1. The fourth-order valence-corrected chi connectivity index (χ4v) is 3.89. The molecule has 1 saturated heterocycles. The van der Waals surface area contributed by atoms with Gasteiger partial charge < -0.3 is 10.2 Å². The standard InChI is InChI=1S/C22H21ClN4O3/c1-26-21(29)16-8-4-3-7-15(16)19(25-26)20(28)24-18-13-14(23)9-10-17(18)22(30)27-11-5-2-6-12-27/h3-4,7-10,13H,2,5-6,11-12H2,1H3,(H,24,28). The molecule has 1 aliphatic rings. The van der Waals surface area contributed by atoms with Crippen LogP contribution in [-0.2, 0) is 7.05 Å². The van der Waals surface area contributed by atoms with Crippen LogP contribution in [0, 0.1) is 0 Å². The average Bonchev–Trinajstić information content (AvgIpc) is 2.76. The van der Waals surface area contributed by atoms with E-state index in [1.165, 1.54) is 7.05 Å². The molecule has 1 N–H and O–H groups in total. The zero-order valence-corrected chi connectivity index (χ0v) is 17.3. The first kappa shape index (κ1) is 20.1. The van der Waals surface area contributed by atoms with E-state index < -0.39 is 5.91 Å². The molecule has 1 fully saturated rings. The summed E-state index contributed by atoms with van der Waals surface area (Å²) in [5.41, 5.74) is 0.515. The number of likely N-dealkylation sites (tertiary alicyclic amines) is 1. The molecular weight excluding hydrogens is 404 g/mol. The smallest absolute Gasteiger partial charge is 0.276 e. The van der Waals surface area contributed by atoms with Crippen LogP contribution in [0.5, 0.6) is 0 Å². The molecule has 2 amide bonds. The van der Waals surface area contributed by atoms with Gasteiger partial charge in [-0.1, -0.05) is 29.8 Å². The van der Waals surface area contributed by atoms with E-state index in [1.807, 2.05) is 0 Å². The van der Waals surface area contributed by atoms with E-state index in [1.54, 1.807) is 47.4 Å². The summed E-state index contributed by atoms with van der Waals surface area (Å²) in [6.45, 7) is 1.39. The highest BCUT2D eigenvalue weighted by molar-refractivity contribution is 6.31. The quantitative estimate of drug-likeness (QED) is 0.697. The van der Waals surface area contributed by atoms with Crippen molar-refractivity contribution in [3.05, 3.63) is 69.1 Å². The van der Waals surface area contributed by atoms with Gasteiger partial charge in [0.15, 0.2) is 5.69 Å². The van der Waals surface area contributed by atoms with Crippen molar-refractivity contribution in [2.24, 2.45) is 7.05 Å². The third-order valence-corrected chi connectivity index (χ3v) is 5.51. The Hall–Kier alpha value is -3.19. The first-order valence-corrected chi connectivity index (χ1v) is 10.2. The monoisotopic (exact) mass is 424 g/mol. The van der Waals surface area contributed by atoms with Gasteiger partial charge in [0.2, 0.25) is 0 Å². The molecule has 30 heavy (non-hydrogen) atoms. The van der Waals surface area contributed by atoms with Crippen LogP contribution >= 0.6 is 11.6 Å². The van der Waals surface area contributed by atoms with Gasteiger partial charge in [0.05, 0.1) is 16.6 Å². The Morgan fingerprint density at radius 3 is 2.47 bits per heavy atom. The number of hydrogen-bond acceptors (Lipinski definition) is 4. The fraction of sp³-hybridized carbons (Fsp3) is 0.273. The molecule has 3 aromatic rings. The molecule has 0 saturated carbocycles. The van der Waals surface area contributed by atoms with Crippen LogP contribution in [0.3, 0.4) is 0 Å². The molecule has 8 heteroatoms. The van der Waals surface area contributed by atoms with Crippen LogP contribution < -0.4 is 10.9 Å². The second-order valence-corrected chi connectivity index (χ2v) is 7.76. The van der Waals surface area contributed by atoms with Gasteiger partial charge in [-0.15, -0.1) is 0 Å².